The first-order chi connectivity index (χ1) is 73.3. The van der Waals surface area contributed by atoms with Crippen LogP contribution in [0.25, 0.3) is 144 Å². The third-order valence-electron chi connectivity index (χ3n) is 29.5. The van der Waals surface area contributed by atoms with Gasteiger partial charge in [-0.3, -0.25) is 9.97 Å². The number of hydrogen-bond acceptors (Lipinski definition) is 6. The van der Waals surface area contributed by atoms with Crippen molar-refractivity contribution in [2.45, 2.75) is 10.8 Å². The maximum atomic E-state index is 9.21. The lowest BCUT2D eigenvalue weighted by atomic mass is 9.67. The van der Waals surface area contributed by atoms with Gasteiger partial charge < -0.3 is 37.7 Å². The lowest BCUT2D eigenvalue weighted by Gasteiger charge is -2.35. The molecule has 2 aliphatic carbocycles. The molecule has 0 spiro atoms. The van der Waals surface area contributed by atoms with Crippen LogP contribution >= 0.6 is 15.9 Å². The van der Waals surface area contributed by atoms with Crippen molar-refractivity contribution < 1.29 is 9.68 Å². The van der Waals surface area contributed by atoms with Crippen molar-refractivity contribution in [1.82, 2.24) is 28.2 Å². The van der Waals surface area contributed by atoms with Gasteiger partial charge in [0, 0.05) is 130 Å². The zero-order valence-corrected chi connectivity index (χ0v) is 82.1. The van der Waals surface area contributed by atoms with Gasteiger partial charge in [-0.05, 0) is 278 Å². The summed E-state index contributed by atoms with van der Waals surface area (Å²) in [7, 11) is 0.702. The predicted molar refractivity (Wildman–Crippen MR) is 614 cm³/mol. The molecule has 0 saturated carbocycles. The van der Waals surface area contributed by atoms with Gasteiger partial charge in [-0.2, -0.15) is 0 Å². The van der Waals surface area contributed by atoms with E-state index in [9.17, 15) is 5.02 Å². The molecule has 0 amide bonds. The van der Waals surface area contributed by atoms with E-state index in [4.69, 9.17) is 4.65 Å². The van der Waals surface area contributed by atoms with E-state index in [0.29, 0.717) is 13.4 Å². The highest BCUT2D eigenvalue weighted by molar-refractivity contribution is 9.10. The number of pyridine rings is 2. The van der Waals surface area contributed by atoms with Gasteiger partial charge in [-0.15, -0.1) is 0 Å². The summed E-state index contributed by atoms with van der Waals surface area (Å²) in [6, 6.07) is 191. The average Bonchev–Trinajstić information content (AvgIpc) is 1.54. The molecular formula is C136H93BBrN8O2. The number of fused-ring (bicyclic) bond motifs is 16. The molecule has 1 N–H and O–H groups in total. The number of aromatic nitrogens is 6. The van der Waals surface area contributed by atoms with E-state index < -0.39 is 10.8 Å². The largest absolute Gasteiger partial charge is 0.569 e. The summed E-state index contributed by atoms with van der Waals surface area (Å²) in [5, 5.41) is 16.6. The zero-order chi connectivity index (χ0) is 98.6. The highest BCUT2D eigenvalue weighted by Crippen LogP contribution is 2.60. The van der Waals surface area contributed by atoms with E-state index in [0.717, 1.165) is 83.6 Å². The van der Waals surface area contributed by atoms with Crippen LogP contribution in [0, 0.1) is 0 Å². The van der Waals surface area contributed by atoms with Crippen LogP contribution in [-0.4, -0.2) is 40.9 Å². The molecule has 699 valence electrons. The summed E-state index contributed by atoms with van der Waals surface area (Å²) in [5.41, 5.74) is 38.3. The summed E-state index contributed by atoms with van der Waals surface area (Å²) < 4.78 is 15.8. The number of para-hydroxylation sites is 4. The van der Waals surface area contributed by atoms with Gasteiger partial charge in [0.1, 0.15) is 5.75 Å². The topological polar surface area (TPSA) is 81.4 Å². The van der Waals surface area contributed by atoms with Crippen molar-refractivity contribution in [2.75, 3.05) is 9.80 Å². The molecule has 2 aliphatic rings. The minimum atomic E-state index is -0.526. The van der Waals surface area contributed by atoms with Gasteiger partial charge in [-0.25, -0.2) is 0 Å². The molecule has 0 atom stereocenters. The van der Waals surface area contributed by atoms with Crippen LogP contribution in [0.1, 0.15) is 44.5 Å². The number of hydrogen-bond donors (Lipinski definition) is 1. The summed E-state index contributed by atoms with van der Waals surface area (Å²) in [5.74, 6) is 0.554. The fraction of sp³-hybridized carbons (Fsp3) is 0.0147. The highest BCUT2D eigenvalue weighted by Gasteiger charge is 2.48. The molecule has 12 heteroatoms. The van der Waals surface area contributed by atoms with Crippen molar-refractivity contribution in [2.24, 2.45) is 0 Å². The van der Waals surface area contributed by atoms with Crippen molar-refractivity contribution in [3.05, 3.63) is 608 Å². The molecule has 0 unspecified atom stereocenters. The maximum absolute atomic E-state index is 9.21. The van der Waals surface area contributed by atoms with Gasteiger partial charge in [0.25, 0.3) is 0 Å². The van der Waals surface area contributed by atoms with Crippen LogP contribution in [0.15, 0.2) is 563 Å². The Labute approximate surface area is 867 Å². The fourth-order valence-electron chi connectivity index (χ4n) is 23.1. The normalized spacial score (nSPS) is 12.4. The van der Waals surface area contributed by atoms with E-state index in [-0.39, 0.29) is 0 Å². The zero-order valence-electron chi connectivity index (χ0n) is 80.5. The second-order valence-electron chi connectivity index (χ2n) is 37.6. The number of benzene rings is 20. The minimum absolute atomic E-state index is 0.506. The first kappa shape index (κ1) is 89.4. The number of nitrogens with zero attached hydrogens (tertiary/aromatic N) is 8. The highest BCUT2D eigenvalue weighted by atomic mass is 79.9. The molecule has 10 nitrogen and oxygen atoms in total. The van der Waals surface area contributed by atoms with Gasteiger partial charge in [-0.1, -0.05) is 350 Å². The van der Waals surface area contributed by atoms with Crippen LogP contribution in [0.4, 0.5) is 34.1 Å². The lowest BCUT2D eigenvalue weighted by molar-refractivity contribution is 0.454. The quantitative estimate of drug-likeness (QED) is 0.0813. The molecule has 148 heavy (non-hydrogen) atoms. The Morgan fingerprint density at radius 2 is 0.581 bits per heavy atom. The Kier molecular flexibility index (Phi) is 23.1. The van der Waals surface area contributed by atoms with Crippen LogP contribution in [0.5, 0.6) is 5.75 Å². The first-order valence-electron chi connectivity index (χ1n) is 50.0. The molecule has 28 rings (SSSR count). The Morgan fingerprint density at radius 3 is 0.973 bits per heavy atom. The smallest absolute Gasteiger partial charge is 0.537 e. The molecule has 0 saturated heterocycles. The van der Waals surface area contributed by atoms with Crippen molar-refractivity contribution in [3.63, 3.8) is 0 Å². The Bertz CT molecular complexity index is 9290. The number of rotatable bonds is 19. The molecule has 26 aromatic rings. The Hall–Kier alpha value is -18.7. The van der Waals surface area contributed by atoms with Crippen molar-refractivity contribution >= 4 is 123 Å². The molecule has 1 radical (unpaired) electrons. The van der Waals surface area contributed by atoms with Crippen molar-refractivity contribution in [1.29, 1.82) is 0 Å². The van der Waals surface area contributed by atoms with Gasteiger partial charge >= 0.3 is 7.69 Å². The maximum Gasteiger partial charge on any atom is 0.569 e. The standard InChI is InChI=1S/C68H46N4.C42H30BN2O2.C26H17BrN2/c1-5-17-51(18-6-1)68(52-19-7-2-8-20-52)62-26-14-13-25-58(62)59-40-38-57(46-63(59)68)71(56-36-30-48(31-37-56)64-27-15-16-43-69-64)55-34-28-47(29-35-55)50-33-41-65-61(45-50)60-39-32-49-42-44-70(53-21-9-3-10-22-53)66(49)67(60)72(65)54-23-11-4-12-24-54;46-43-47-36-25-22-34(23-26-36)45(33-20-18-30(19-21-33)41-17-9-10-28-44-41)35-24-27-38-37-15-7-8-16-39(37)42(40(38)29-35,31-11-3-1-4-12-31)32-13-5-2-6-14-32;27-19-12-14-24-23(17-19)22-13-11-18-15-16-28(20-7-3-1-4-8-20)25(18)26(22)29(24)21-9-5-2-6-10-21/h1-46H;1-29,46H;1-17H. The van der Waals surface area contributed by atoms with E-state index in [1.165, 1.54) is 144 Å². The molecule has 20 aromatic carbocycles. The second kappa shape index (κ2) is 38.2. The molecule has 6 aromatic heterocycles. The summed E-state index contributed by atoms with van der Waals surface area (Å²) >= 11 is 3.66. The van der Waals surface area contributed by atoms with E-state index in [2.05, 4.69) is 546 Å². The minimum Gasteiger partial charge on any atom is -0.537 e. The van der Waals surface area contributed by atoms with E-state index in [1.807, 2.05) is 67.0 Å². The SMILES string of the molecule is Brc1ccc2c(c1)c1ccc3ccn(-c4ccccc4)c3c1n2-c1ccccc1.O[B]Oc1ccc(N(c2ccc(-c3ccccn3)cc2)c2ccc3c(c2)C(c2ccccc2)(c2ccccc2)c2ccccc2-3)cc1.c1ccc(-n2ccc3ccc4c5cc(-c6ccc(N(c7ccc(-c8ccccn8)cc7)c7ccc8c(c7)C(c7ccccc7)(c7ccccc7)c7ccccc7-8)cc6)ccc5n(-c5ccccc5)c4c32)cc1. The molecular weight excluding hydrogens is 1870 g/mol. The Morgan fingerprint density at radius 1 is 0.250 bits per heavy atom. The molecule has 0 aliphatic heterocycles. The first-order valence-corrected chi connectivity index (χ1v) is 50.8. The summed E-state index contributed by atoms with van der Waals surface area (Å²) in [6.45, 7) is 0. The predicted octanol–water partition coefficient (Wildman–Crippen LogP) is 34.3. The van der Waals surface area contributed by atoms with Crippen molar-refractivity contribution in [3.8, 4) is 84.4 Å². The number of halogens is 1. The fourth-order valence-corrected chi connectivity index (χ4v) is 23.5. The van der Waals surface area contributed by atoms with Gasteiger partial charge in [0.15, 0.2) is 0 Å². The van der Waals surface area contributed by atoms with Crippen LogP contribution in [0.3, 0.4) is 0 Å². The third-order valence-corrected chi connectivity index (χ3v) is 30.0. The van der Waals surface area contributed by atoms with Gasteiger partial charge in [0.2, 0.25) is 0 Å². The van der Waals surface area contributed by atoms with Crippen LogP contribution < -0.4 is 14.5 Å². The van der Waals surface area contributed by atoms with Crippen LogP contribution in [0.2, 0.25) is 0 Å². The summed E-state index contributed by atoms with van der Waals surface area (Å²) in [6.07, 6.45) is 8.04. The average molecular weight is 1960 g/mol. The molecule has 0 fully saturated rings. The summed E-state index contributed by atoms with van der Waals surface area (Å²) in [4.78, 5) is 13.9. The molecule has 6 heterocycles. The number of anilines is 6. The second-order valence-corrected chi connectivity index (χ2v) is 38.5. The van der Waals surface area contributed by atoms with Gasteiger partial charge in [0.05, 0.1) is 55.3 Å². The van der Waals surface area contributed by atoms with Crippen LogP contribution in [-0.2, 0) is 10.8 Å². The lowest BCUT2D eigenvalue weighted by Crippen LogP contribution is -2.28. The van der Waals surface area contributed by atoms with E-state index in [1.54, 1.807) is 0 Å². The third kappa shape index (κ3) is 15.5. The Balaban J connectivity index is 0.000000124. The molecule has 0 bridgehead atoms. The van der Waals surface area contributed by atoms with E-state index >= 15 is 0 Å². The monoisotopic (exact) mass is 1960 g/mol.